The van der Waals surface area contributed by atoms with Crippen molar-refractivity contribution >= 4 is 44.0 Å². The van der Waals surface area contributed by atoms with Gasteiger partial charge in [0.25, 0.3) is 10.0 Å². The van der Waals surface area contributed by atoms with Crippen LogP contribution >= 0.6 is 11.6 Å². The van der Waals surface area contributed by atoms with E-state index in [9.17, 15) is 8.42 Å². The molecular weight excluding hydrogens is 622 g/mol. The molecular formula is C32H39ClF2N6O3S. The fraction of sp³-hybridized carbons (Fsp3) is 0.438. The molecule has 2 aromatic carbocycles. The van der Waals surface area contributed by atoms with Crippen LogP contribution in [0.1, 0.15) is 69.5 Å². The van der Waals surface area contributed by atoms with Gasteiger partial charge in [-0.1, -0.05) is 24.6 Å². The number of methoxy groups -OCH3 is 1. The third-order valence-corrected chi connectivity index (χ3v) is 10.3. The van der Waals surface area contributed by atoms with Crippen LogP contribution < -0.4 is 15.8 Å². The summed E-state index contributed by atoms with van der Waals surface area (Å²) in [6.07, 6.45) is 6.16. The molecule has 4 N–H and O–H groups in total. The van der Waals surface area contributed by atoms with Crippen LogP contribution in [0.4, 0.5) is 20.3 Å². The lowest BCUT2D eigenvalue weighted by Crippen LogP contribution is -2.34. The first-order chi connectivity index (χ1) is 21.4. The molecule has 0 radical (unpaired) electrons. The molecule has 9 nitrogen and oxygen atoms in total. The van der Waals surface area contributed by atoms with Crippen molar-refractivity contribution in [2.45, 2.75) is 75.8 Å². The predicted octanol–water partition coefficient (Wildman–Crippen LogP) is 6.82. The number of hydrogen-bond acceptors (Lipinski definition) is 7. The van der Waals surface area contributed by atoms with Crippen molar-refractivity contribution in [3.8, 4) is 11.3 Å². The summed E-state index contributed by atoms with van der Waals surface area (Å²) in [4.78, 5) is 4.24. The maximum Gasteiger partial charge on any atom is 0.263 e. The molecule has 0 atom stereocenters. The minimum atomic E-state index is -4.32. The Balaban J connectivity index is 1.52. The van der Waals surface area contributed by atoms with Crippen molar-refractivity contribution in [2.75, 3.05) is 30.7 Å². The molecule has 1 saturated carbocycles. The van der Waals surface area contributed by atoms with Gasteiger partial charge in [0, 0.05) is 43.6 Å². The molecule has 1 aliphatic carbocycles. The number of halogens is 3. The largest absolute Gasteiger partial charge is 0.383 e. The number of aromatic nitrogens is 3. The lowest BCUT2D eigenvalue weighted by atomic mass is 9.81. The molecule has 242 valence electrons. The van der Waals surface area contributed by atoms with E-state index in [2.05, 4.69) is 15.0 Å². The lowest BCUT2D eigenvalue weighted by Gasteiger charge is -2.30. The van der Waals surface area contributed by atoms with E-state index in [1.807, 2.05) is 20.8 Å². The van der Waals surface area contributed by atoms with E-state index in [-0.39, 0.29) is 39.0 Å². The van der Waals surface area contributed by atoms with Gasteiger partial charge in [-0.05, 0) is 81.2 Å². The molecule has 0 unspecified atom stereocenters. The third kappa shape index (κ3) is 6.79. The van der Waals surface area contributed by atoms with E-state index in [0.717, 1.165) is 61.0 Å². The Bertz CT molecular complexity index is 1810. The SMILES string of the molecule is CCc1ccc(Cl)c(S(=O)(=O)Nc2cc(F)c(-c3nn(C(C)C)c4c(C5CCC(NCCOC)CC5)cnc(N)c34)cc2F)c1. The zero-order valence-corrected chi connectivity index (χ0v) is 27.4. The number of fused-ring (bicyclic) bond motifs is 1. The predicted molar refractivity (Wildman–Crippen MR) is 174 cm³/mol. The summed E-state index contributed by atoms with van der Waals surface area (Å²) in [6.45, 7) is 7.24. The summed E-state index contributed by atoms with van der Waals surface area (Å²) in [5.74, 6) is -1.50. The molecule has 0 saturated heterocycles. The fourth-order valence-corrected chi connectivity index (χ4v) is 7.64. The molecule has 5 rings (SSSR count). The molecule has 0 spiro atoms. The van der Waals surface area contributed by atoms with Crippen molar-refractivity contribution in [1.29, 1.82) is 0 Å². The minimum Gasteiger partial charge on any atom is -0.383 e. The van der Waals surface area contributed by atoms with Crippen LogP contribution in [-0.4, -0.2) is 49.5 Å². The number of rotatable bonds is 11. The van der Waals surface area contributed by atoms with Crippen LogP contribution in [-0.2, 0) is 21.2 Å². The van der Waals surface area contributed by atoms with E-state index in [1.165, 1.54) is 12.1 Å². The molecule has 2 aromatic heterocycles. The van der Waals surface area contributed by atoms with Crippen LogP contribution in [0.5, 0.6) is 0 Å². The van der Waals surface area contributed by atoms with Gasteiger partial charge in [0.15, 0.2) is 0 Å². The Morgan fingerprint density at radius 1 is 1.13 bits per heavy atom. The van der Waals surface area contributed by atoms with Gasteiger partial charge < -0.3 is 15.8 Å². The van der Waals surface area contributed by atoms with Crippen molar-refractivity contribution in [3.05, 3.63) is 64.3 Å². The van der Waals surface area contributed by atoms with Gasteiger partial charge in [0.2, 0.25) is 0 Å². The van der Waals surface area contributed by atoms with Gasteiger partial charge in [0.1, 0.15) is 28.0 Å². The summed E-state index contributed by atoms with van der Waals surface area (Å²) < 4.78 is 66.8. The Labute approximate surface area is 267 Å². The molecule has 1 fully saturated rings. The van der Waals surface area contributed by atoms with Gasteiger partial charge in [-0.25, -0.2) is 22.2 Å². The van der Waals surface area contributed by atoms with Crippen LogP contribution in [0.25, 0.3) is 22.2 Å². The number of nitrogens with zero attached hydrogens (tertiary/aromatic N) is 3. The highest BCUT2D eigenvalue weighted by atomic mass is 35.5. The lowest BCUT2D eigenvalue weighted by molar-refractivity contribution is 0.191. The number of aryl methyl sites for hydroxylation is 1. The molecule has 0 aliphatic heterocycles. The van der Waals surface area contributed by atoms with Gasteiger partial charge >= 0.3 is 0 Å². The Hall–Kier alpha value is -3.32. The van der Waals surface area contributed by atoms with Gasteiger partial charge in [-0.2, -0.15) is 5.10 Å². The van der Waals surface area contributed by atoms with Crippen molar-refractivity contribution in [2.24, 2.45) is 0 Å². The summed E-state index contributed by atoms with van der Waals surface area (Å²) in [6, 6.07) is 6.61. The third-order valence-electron chi connectivity index (χ3n) is 8.43. The number of pyridine rings is 1. The highest BCUT2D eigenvalue weighted by Crippen LogP contribution is 2.42. The first kappa shape index (κ1) is 33.1. The topological polar surface area (TPSA) is 124 Å². The summed E-state index contributed by atoms with van der Waals surface area (Å²) in [7, 11) is -2.64. The zero-order valence-electron chi connectivity index (χ0n) is 25.8. The summed E-state index contributed by atoms with van der Waals surface area (Å²) in [5, 5.41) is 8.68. The summed E-state index contributed by atoms with van der Waals surface area (Å²) in [5.41, 5.74) is 8.28. The normalized spacial score (nSPS) is 17.3. The number of hydrogen-bond donors (Lipinski definition) is 3. The second-order valence-electron chi connectivity index (χ2n) is 11.7. The first-order valence-electron chi connectivity index (χ1n) is 15.1. The Kier molecular flexibility index (Phi) is 9.97. The number of benzene rings is 2. The monoisotopic (exact) mass is 660 g/mol. The maximum atomic E-state index is 15.8. The Morgan fingerprint density at radius 3 is 2.53 bits per heavy atom. The average molecular weight is 661 g/mol. The second-order valence-corrected chi connectivity index (χ2v) is 13.8. The molecule has 13 heteroatoms. The number of anilines is 2. The van der Waals surface area contributed by atoms with Gasteiger partial charge in [-0.15, -0.1) is 0 Å². The minimum absolute atomic E-state index is 0.0301. The van der Waals surface area contributed by atoms with E-state index in [4.69, 9.17) is 27.2 Å². The Morgan fingerprint density at radius 2 is 1.87 bits per heavy atom. The molecule has 1 aliphatic rings. The first-order valence-corrected chi connectivity index (χ1v) is 17.0. The van der Waals surface area contributed by atoms with E-state index in [1.54, 1.807) is 24.1 Å². The zero-order chi connectivity index (χ0) is 32.5. The molecule has 0 bridgehead atoms. The van der Waals surface area contributed by atoms with Crippen molar-refractivity contribution in [3.63, 3.8) is 0 Å². The molecule has 0 amide bonds. The van der Waals surface area contributed by atoms with Crippen LogP contribution in [0.15, 0.2) is 41.4 Å². The van der Waals surface area contributed by atoms with Gasteiger partial charge in [0.05, 0.1) is 28.2 Å². The number of nitrogens with one attached hydrogen (secondary N) is 2. The van der Waals surface area contributed by atoms with E-state index >= 15 is 8.78 Å². The van der Waals surface area contributed by atoms with Crippen molar-refractivity contribution < 1.29 is 21.9 Å². The molecule has 4 aromatic rings. The van der Waals surface area contributed by atoms with E-state index < -0.39 is 27.3 Å². The highest BCUT2D eigenvalue weighted by molar-refractivity contribution is 7.92. The molecule has 45 heavy (non-hydrogen) atoms. The maximum absolute atomic E-state index is 15.8. The smallest absolute Gasteiger partial charge is 0.263 e. The highest BCUT2D eigenvalue weighted by Gasteiger charge is 2.29. The molecule has 2 heterocycles. The van der Waals surface area contributed by atoms with E-state index in [0.29, 0.717) is 24.5 Å². The van der Waals surface area contributed by atoms with Crippen molar-refractivity contribution in [1.82, 2.24) is 20.1 Å². The fourth-order valence-electron chi connectivity index (χ4n) is 6.03. The number of nitrogens with two attached hydrogens (primary N) is 1. The van der Waals surface area contributed by atoms with Crippen LogP contribution in [0.3, 0.4) is 0 Å². The van der Waals surface area contributed by atoms with Gasteiger partial charge in [-0.3, -0.25) is 9.40 Å². The number of sulfonamides is 1. The number of ether oxygens (including phenoxy) is 1. The number of nitrogen functional groups attached to an aromatic ring is 1. The quantitative estimate of drug-likeness (QED) is 0.151. The standard InChI is InChI=1S/C32H39ClF2N6O3S/c1-5-19-6-11-24(33)28(14-19)45(42,43)40-27-16-25(34)22(15-26(27)35)30-29-31(41(39-30)18(2)3)23(17-38-32(29)36)20-7-9-21(10-8-20)37-12-13-44-4/h6,11,14-18,20-21,37,40H,5,7-10,12-13H2,1-4H3,(H2,36,38). The summed E-state index contributed by atoms with van der Waals surface area (Å²) >= 11 is 6.16. The van der Waals surface area contributed by atoms with Crippen LogP contribution in [0, 0.1) is 11.6 Å². The second kappa shape index (κ2) is 13.6. The average Bonchev–Trinajstić information content (AvgIpc) is 3.41. The van der Waals surface area contributed by atoms with Crippen LogP contribution in [0.2, 0.25) is 5.02 Å².